The lowest BCUT2D eigenvalue weighted by atomic mass is 10.0. The molecule has 22 heavy (non-hydrogen) atoms. The van der Waals surface area contributed by atoms with E-state index in [2.05, 4.69) is 63.7 Å². The van der Waals surface area contributed by atoms with Gasteiger partial charge in [0.15, 0.2) is 0 Å². The first kappa shape index (κ1) is 14.3. The summed E-state index contributed by atoms with van der Waals surface area (Å²) in [7, 11) is 0. The molecule has 2 fully saturated rings. The van der Waals surface area contributed by atoms with Crippen LogP contribution >= 0.6 is 15.9 Å². The van der Waals surface area contributed by atoms with Crippen LogP contribution in [0.25, 0.3) is 11.1 Å². The first-order chi connectivity index (χ1) is 10.8. The van der Waals surface area contributed by atoms with Gasteiger partial charge < -0.3 is 10.1 Å². The van der Waals surface area contributed by atoms with Crippen molar-refractivity contribution >= 4 is 15.9 Å². The average molecular weight is 358 g/mol. The Bertz CT molecular complexity index is 646. The molecule has 1 N–H and O–H groups in total. The third-order valence-corrected chi connectivity index (χ3v) is 5.42. The summed E-state index contributed by atoms with van der Waals surface area (Å²) in [5.74, 6) is 0.965. The number of rotatable bonds is 3. The Hall–Kier alpha value is -1.32. The second-order valence-electron chi connectivity index (χ2n) is 6.36. The molecule has 0 spiro atoms. The van der Waals surface area contributed by atoms with Gasteiger partial charge in [-0.25, -0.2) is 0 Å². The van der Waals surface area contributed by atoms with Crippen molar-refractivity contribution in [3.8, 4) is 16.9 Å². The molecule has 2 heterocycles. The van der Waals surface area contributed by atoms with Crippen molar-refractivity contribution in [2.24, 2.45) is 0 Å². The van der Waals surface area contributed by atoms with Gasteiger partial charge in [-0.3, -0.25) is 0 Å². The molecule has 2 nitrogen and oxygen atoms in total. The summed E-state index contributed by atoms with van der Waals surface area (Å²) in [6.07, 6.45) is 5.18. The highest BCUT2D eigenvalue weighted by Crippen LogP contribution is 2.35. The summed E-state index contributed by atoms with van der Waals surface area (Å²) in [4.78, 5) is 0. The van der Waals surface area contributed by atoms with Crippen LogP contribution in [0.15, 0.2) is 53.0 Å². The van der Waals surface area contributed by atoms with Crippen molar-refractivity contribution in [1.82, 2.24) is 5.32 Å². The molecule has 0 saturated carbocycles. The maximum atomic E-state index is 6.34. The Morgan fingerprint density at radius 3 is 2.36 bits per heavy atom. The molecule has 0 radical (unpaired) electrons. The lowest BCUT2D eigenvalue weighted by Gasteiger charge is -2.30. The normalized spacial score (nSPS) is 26.9. The van der Waals surface area contributed by atoms with Gasteiger partial charge in [0.25, 0.3) is 0 Å². The summed E-state index contributed by atoms with van der Waals surface area (Å²) in [6.45, 7) is 0. The van der Waals surface area contributed by atoms with E-state index in [0.717, 1.165) is 23.1 Å². The number of halogens is 1. The van der Waals surface area contributed by atoms with E-state index in [1.54, 1.807) is 0 Å². The highest BCUT2D eigenvalue weighted by Gasteiger charge is 2.34. The number of piperidine rings is 1. The van der Waals surface area contributed by atoms with E-state index in [1.165, 1.54) is 24.0 Å². The summed E-state index contributed by atoms with van der Waals surface area (Å²) in [5.41, 5.74) is 2.43. The van der Waals surface area contributed by atoms with E-state index in [9.17, 15) is 0 Å². The maximum absolute atomic E-state index is 6.34. The van der Waals surface area contributed by atoms with Gasteiger partial charge in [0, 0.05) is 12.1 Å². The molecule has 4 rings (SSSR count). The van der Waals surface area contributed by atoms with Crippen LogP contribution in [0.5, 0.6) is 5.75 Å². The first-order valence-electron chi connectivity index (χ1n) is 8.05. The van der Waals surface area contributed by atoms with E-state index in [4.69, 9.17) is 4.74 Å². The van der Waals surface area contributed by atoms with Crippen molar-refractivity contribution in [3.63, 3.8) is 0 Å². The maximum Gasteiger partial charge on any atom is 0.134 e. The number of hydrogen-bond acceptors (Lipinski definition) is 2. The first-order valence-corrected chi connectivity index (χ1v) is 8.85. The topological polar surface area (TPSA) is 21.3 Å². The van der Waals surface area contributed by atoms with Crippen molar-refractivity contribution in [2.45, 2.75) is 43.9 Å². The predicted octanol–water partition coefficient (Wildman–Crippen LogP) is 4.78. The molecule has 3 heteroatoms. The number of benzene rings is 2. The lowest BCUT2D eigenvalue weighted by molar-refractivity contribution is 0.136. The number of fused-ring (bicyclic) bond motifs is 2. The Balaban J connectivity index is 1.56. The molecule has 0 aromatic heterocycles. The van der Waals surface area contributed by atoms with Gasteiger partial charge in [-0.15, -0.1) is 0 Å². The minimum atomic E-state index is 0.334. The molecule has 1 unspecified atom stereocenters. The average Bonchev–Trinajstić information content (AvgIpc) is 2.89. The minimum absolute atomic E-state index is 0.334. The van der Waals surface area contributed by atoms with Crippen LogP contribution in [0.4, 0.5) is 0 Å². The fourth-order valence-corrected chi connectivity index (χ4v) is 4.02. The number of nitrogens with one attached hydrogen (secondary N) is 1. The molecule has 2 bridgehead atoms. The molecular weight excluding hydrogens is 338 g/mol. The quantitative estimate of drug-likeness (QED) is 0.853. The Morgan fingerprint density at radius 1 is 0.909 bits per heavy atom. The largest absolute Gasteiger partial charge is 0.489 e. The summed E-state index contributed by atoms with van der Waals surface area (Å²) >= 11 is 3.64. The van der Waals surface area contributed by atoms with Crippen molar-refractivity contribution in [1.29, 1.82) is 0 Å². The SMILES string of the molecule is Brc1ccc(-c2ccccc2)cc1OC1C[C@H]2CC[C@@H](C1)N2. The van der Waals surface area contributed by atoms with E-state index in [1.807, 2.05) is 6.07 Å². The van der Waals surface area contributed by atoms with Gasteiger partial charge in [0.1, 0.15) is 11.9 Å². The molecule has 0 aliphatic carbocycles. The van der Waals surface area contributed by atoms with E-state index in [-0.39, 0.29) is 0 Å². The van der Waals surface area contributed by atoms with Gasteiger partial charge in [0.05, 0.1) is 4.47 Å². The monoisotopic (exact) mass is 357 g/mol. The molecule has 0 amide bonds. The zero-order valence-electron chi connectivity index (χ0n) is 12.5. The van der Waals surface area contributed by atoms with Crippen LogP contribution in [0.1, 0.15) is 25.7 Å². The van der Waals surface area contributed by atoms with Crippen molar-refractivity contribution in [2.75, 3.05) is 0 Å². The van der Waals surface area contributed by atoms with Crippen LogP contribution < -0.4 is 10.1 Å². The number of ether oxygens (including phenoxy) is 1. The van der Waals surface area contributed by atoms with Gasteiger partial charge in [-0.1, -0.05) is 36.4 Å². The molecule has 2 aromatic rings. The van der Waals surface area contributed by atoms with Gasteiger partial charge in [0.2, 0.25) is 0 Å². The fourth-order valence-electron chi connectivity index (χ4n) is 3.68. The fraction of sp³-hybridized carbons (Fsp3) is 0.368. The third-order valence-electron chi connectivity index (χ3n) is 4.76. The molecule has 3 atom stereocenters. The van der Waals surface area contributed by atoms with Crippen LogP contribution in [-0.4, -0.2) is 18.2 Å². The highest BCUT2D eigenvalue weighted by molar-refractivity contribution is 9.10. The van der Waals surface area contributed by atoms with Crippen LogP contribution in [0.2, 0.25) is 0 Å². The smallest absolute Gasteiger partial charge is 0.134 e. The standard InChI is InChI=1S/C19H20BrNO/c20-18-9-6-14(13-4-2-1-3-5-13)10-19(18)22-17-11-15-7-8-16(12-17)21-15/h1-6,9-10,15-17,21H,7-8,11-12H2/t15-,16+,17?. The molecule has 114 valence electrons. The Morgan fingerprint density at radius 2 is 1.64 bits per heavy atom. The summed E-state index contributed by atoms with van der Waals surface area (Å²) < 4.78 is 7.38. The second-order valence-corrected chi connectivity index (χ2v) is 7.21. The lowest BCUT2D eigenvalue weighted by Crippen LogP contribution is -2.42. The van der Waals surface area contributed by atoms with E-state index >= 15 is 0 Å². The summed E-state index contributed by atoms with van der Waals surface area (Å²) in [5, 5.41) is 3.67. The van der Waals surface area contributed by atoms with Crippen molar-refractivity contribution in [3.05, 3.63) is 53.0 Å². The molecule has 2 saturated heterocycles. The molecule has 2 aliphatic heterocycles. The van der Waals surface area contributed by atoms with Gasteiger partial charge >= 0.3 is 0 Å². The zero-order chi connectivity index (χ0) is 14.9. The third kappa shape index (κ3) is 2.92. The molecule has 2 aromatic carbocycles. The van der Waals surface area contributed by atoms with Crippen LogP contribution in [-0.2, 0) is 0 Å². The van der Waals surface area contributed by atoms with Crippen molar-refractivity contribution < 1.29 is 4.74 Å². The Kier molecular flexibility index (Phi) is 3.93. The highest BCUT2D eigenvalue weighted by atomic mass is 79.9. The van der Waals surface area contributed by atoms with Crippen LogP contribution in [0, 0.1) is 0 Å². The molecule has 2 aliphatic rings. The second kappa shape index (κ2) is 6.05. The Labute approximate surface area is 140 Å². The zero-order valence-corrected chi connectivity index (χ0v) is 14.1. The molecular formula is C19H20BrNO. The van der Waals surface area contributed by atoms with E-state index in [0.29, 0.717) is 18.2 Å². The summed E-state index contributed by atoms with van der Waals surface area (Å²) in [6, 6.07) is 18.2. The van der Waals surface area contributed by atoms with E-state index < -0.39 is 0 Å². The van der Waals surface area contributed by atoms with Gasteiger partial charge in [-0.2, -0.15) is 0 Å². The number of hydrogen-bond donors (Lipinski definition) is 1. The minimum Gasteiger partial charge on any atom is -0.489 e. The predicted molar refractivity (Wildman–Crippen MR) is 93.2 cm³/mol. The van der Waals surface area contributed by atoms with Crippen LogP contribution in [0.3, 0.4) is 0 Å². The van der Waals surface area contributed by atoms with Gasteiger partial charge in [-0.05, 0) is 64.9 Å².